The van der Waals surface area contributed by atoms with Crippen LogP contribution in [0.3, 0.4) is 0 Å². The Hall–Kier alpha value is -0.750. The summed E-state index contributed by atoms with van der Waals surface area (Å²) in [6.07, 6.45) is 12.3. The van der Waals surface area contributed by atoms with Crippen molar-refractivity contribution in [3.63, 3.8) is 0 Å². The van der Waals surface area contributed by atoms with Crippen molar-refractivity contribution in [2.45, 2.75) is 99.3 Å². The van der Waals surface area contributed by atoms with Gasteiger partial charge in [0.2, 0.25) is 0 Å². The zero-order chi connectivity index (χ0) is 21.0. The smallest absolute Gasteiger partial charge is 0.170 e. The number of unbranched alkanes of at least 4 members (excludes halogenated alkanes) is 2. The number of anilines is 1. The summed E-state index contributed by atoms with van der Waals surface area (Å²) >= 11 is 0. The van der Waals surface area contributed by atoms with Gasteiger partial charge in [0, 0.05) is 18.0 Å². The summed E-state index contributed by atoms with van der Waals surface area (Å²) in [4.78, 5) is 0. The quantitative estimate of drug-likeness (QED) is 0.295. The lowest BCUT2D eigenvalue weighted by molar-refractivity contribution is 0.464. The summed E-state index contributed by atoms with van der Waals surface area (Å²) in [5, 5.41) is 3.68. The highest BCUT2D eigenvalue weighted by Crippen LogP contribution is 2.52. The second kappa shape index (κ2) is 13.5. The minimum absolute atomic E-state index is 0.566. The minimum Gasteiger partial charge on any atom is -0.336 e. The van der Waals surface area contributed by atoms with E-state index in [0.29, 0.717) is 11.8 Å². The molecule has 1 rings (SSSR count). The largest absolute Gasteiger partial charge is 0.336 e. The van der Waals surface area contributed by atoms with E-state index in [1.54, 1.807) is 0 Å². The first kappa shape index (κ1) is 25.3. The van der Waals surface area contributed by atoms with Crippen LogP contribution in [0.1, 0.15) is 97.1 Å². The van der Waals surface area contributed by atoms with E-state index in [2.05, 4.69) is 64.8 Å². The van der Waals surface area contributed by atoms with Crippen molar-refractivity contribution in [1.29, 1.82) is 0 Å². The van der Waals surface area contributed by atoms with Gasteiger partial charge in [-0.1, -0.05) is 91.3 Å². The Morgan fingerprint density at radius 2 is 1.43 bits per heavy atom. The molecule has 3 heteroatoms. The van der Waals surface area contributed by atoms with Crippen LogP contribution in [0.25, 0.3) is 0 Å². The average molecular weight is 408 g/mol. The third kappa shape index (κ3) is 8.32. The van der Waals surface area contributed by atoms with E-state index < -0.39 is 7.29 Å². The van der Waals surface area contributed by atoms with Crippen molar-refractivity contribution in [3.05, 3.63) is 29.3 Å². The predicted molar refractivity (Wildman–Crippen MR) is 128 cm³/mol. The highest BCUT2D eigenvalue weighted by molar-refractivity contribution is 7.65. The zero-order valence-electron chi connectivity index (χ0n) is 19.5. The van der Waals surface area contributed by atoms with Gasteiger partial charge < -0.3 is 9.65 Å². The maximum absolute atomic E-state index is 14.4. The van der Waals surface area contributed by atoms with Crippen molar-refractivity contribution >= 4 is 13.0 Å². The molecular weight excluding hydrogens is 361 g/mol. The number of benzene rings is 1. The summed E-state index contributed by atoms with van der Waals surface area (Å²) < 4.78 is 14.4. The molecule has 0 saturated carbocycles. The molecule has 0 amide bonds. The van der Waals surface area contributed by atoms with Crippen LogP contribution in [0, 0.1) is 18.8 Å². The molecule has 0 aliphatic carbocycles. The van der Waals surface area contributed by atoms with Crippen LogP contribution in [0.15, 0.2) is 18.2 Å². The monoisotopic (exact) mass is 407 g/mol. The molecule has 1 aromatic rings. The van der Waals surface area contributed by atoms with Crippen molar-refractivity contribution in [2.24, 2.45) is 11.8 Å². The van der Waals surface area contributed by atoms with E-state index in [9.17, 15) is 4.57 Å². The molecular formula is C25H46NOP. The van der Waals surface area contributed by atoms with Crippen LogP contribution < -0.4 is 5.09 Å². The SMILES string of the molecule is CCCCC(CC)CP(=O)(CC(CC)CCCC)Nc1c(C)cccc1CC. The molecule has 2 unspecified atom stereocenters. The molecule has 1 aromatic carbocycles. The third-order valence-corrected chi connectivity index (χ3v) is 9.09. The molecule has 1 N–H and O–H groups in total. The van der Waals surface area contributed by atoms with Gasteiger partial charge in [0.25, 0.3) is 0 Å². The molecule has 2 nitrogen and oxygen atoms in total. The maximum atomic E-state index is 14.4. The van der Waals surface area contributed by atoms with E-state index in [1.807, 2.05) is 0 Å². The van der Waals surface area contributed by atoms with Crippen molar-refractivity contribution in [1.82, 2.24) is 0 Å². The van der Waals surface area contributed by atoms with Gasteiger partial charge >= 0.3 is 0 Å². The number of nitrogens with one attached hydrogen (secondary N) is 1. The lowest BCUT2D eigenvalue weighted by Gasteiger charge is -2.30. The fourth-order valence-electron chi connectivity index (χ4n) is 4.22. The lowest BCUT2D eigenvalue weighted by Crippen LogP contribution is -2.18. The number of hydrogen-bond acceptors (Lipinski definition) is 1. The second-order valence-electron chi connectivity index (χ2n) is 8.66. The average Bonchev–Trinajstić information content (AvgIpc) is 2.70. The standard InChI is InChI=1S/C25H46NOP/c1-7-12-16-22(9-3)19-28(27,20-23(10-4)17-13-8-2)26-25-21(6)15-14-18-24(25)11-5/h14-15,18,22-23H,7-13,16-17,19-20H2,1-6H3,(H,26,27). The summed E-state index contributed by atoms with van der Waals surface area (Å²) in [6.45, 7) is 13.4. The van der Waals surface area contributed by atoms with Gasteiger partial charge in [-0.05, 0) is 49.1 Å². The van der Waals surface area contributed by atoms with Crippen LogP contribution in [-0.4, -0.2) is 12.3 Å². The number of hydrogen-bond donors (Lipinski definition) is 1. The Labute approximate surface area is 175 Å². The Morgan fingerprint density at radius 1 is 0.893 bits per heavy atom. The van der Waals surface area contributed by atoms with Crippen LogP contribution in [-0.2, 0) is 11.0 Å². The van der Waals surface area contributed by atoms with Gasteiger partial charge in [-0.25, -0.2) is 0 Å². The Balaban J connectivity index is 3.13. The first-order valence-electron chi connectivity index (χ1n) is 11.9. The minimum atomic E-state index is -2.48. The predicted octanol–water partition coefficient (Wildman–Crippen LogP) is 8.68. The molecule has 0 aliphatic heterocycles. The summed E-state index contributed by atoms with van der Waals surface area (Å²) in [5.41, 5.74) is 3.66. The molecule has 0 fully saturated rings. The first-order chi connectivity index (χ1) is 13.4. The second-order valence-corrected chi connectivity index (χ2v) is 11.4. The fourth-order valence-corrected chi connectivity index (χ4v) is 7.83. The Bertz CT molecular complexity index is 576. The van der Waals surface area contributed by atoms with Crippen LogP contribution in [0.5, 0.6) is 0 Å². The molecule has 162 valence electrons. The zero-order valence-corrected chi connectivity index (χ0v) is 20.4. The highest BCUT2D eigenvalue weighted by atomic mass is 31.2. The van der Waals surface area contributed by atoms with E-state index in [0.717, 1.165) is 37.3 Å². The van der Waals surface area contributed by atoms with Crippen molar-refractivity contribution in [2.75, 3.05) is 17.4 Å². The number of aryl methyl sites for hydroxylation is 2. The summed E-state index contributed by atoms with van der Waals surface area (Å²) in [5.74, 6) is 1.13. The van der Waals surface area contributed by atoms with Crippen LogP contribution >= 0.6 is 7.29 Å². The van der Waals surface area contributed by atoms with Gasteiger partial charge in [0.05, 0.1) is 0 Å². The van der Waals surface area contributed by atoms with E-state index in [-0.39, 0.29) is 0 Å². The Kier molecular flexibility index (Phi) is 12.2. The van der Waals surface area contributed by atoms with Gasteiger partial charge in [0.15, 0.2) is 7.29 Å². The van der Waals surface area contributed by atoms with Crippen LogP contribution in [0.4, 0.5) is 5.69 Å². The fraction of sp³-hybridized carbons (Fsp3) is 0.760. The van der Waals surface area contributed by atoms with Gasteiger partial charge in [-0.3, -0.25) is 0 Å². The number of para-hydroxylation sites is 1. The van der Waals surface area contributed by atoms with Gasteiger partial charge in [-0.15, -0.1) is 0 Å². The Morgan fingerprint density at radius 3 is 1.86 bits per heavy atom. The topological polar surface area (TPSA) is 29.1 Å². The summed E-state index contributed by atoms with van der Waals surface area (Å²) in [6, 6.07) is 6.45. The molecule has 0 radical (unpaired) electrons. The van der Waals surface area contributed by atoms with E-state index >= 15 is 0 Å². The third-order valence-electron chi connectivity index (χ3n) is 6.25. The normalized spacial score (nSPS) is 15.8. The molecule has 0 saturated heterocycles. The first-order valence-corrected chi connectivity index (χ1v) is 13.9. The van der Waals surface area contributed by atoms with Gasteiger partial charge in [0.1, 0.15) is 0 Å². The molecule has 0 bridgehead atoms. The van der Waals surface area contributed by atoms with Gasteiger partial charge in [-0.2, -0.15) is 0 Å². The van der Waals surface area contributed by atoms with Crippen molar-refractivity contribution < 1.29 is 4.57 Å². The summed E-state index contributed by atoms with van der Waals surface area (Å²) in [7, 11) is -2.48. The van der Waals surface area contributed by atoms with Crippen LogP contribution in [0.2, 0.25) is 0 Å². The number of rotatable bonds is 15. The molecule has 28 heavy (non-hydrogen) atoms. The molecule has 0 spiro atoms. The molecule has 0 heterocycles. The van der Waals surface area contributed by atoms with E-state index in [1.165, 1.54) is 49.7 Å². The highest BCUT2D eigenvalue weighted by Gasteiger charge is 2.30. The molecule has 0 aliphatic rings. The molecule has 2 atom stereocenters. The van der Waals surface area contributed by atoms with Crippen molar-refractivity contribution in [3.8, 4) is 0 Å². The molecule has 0 aromatic heterocycles. The van der Waals surface area contributed by atoms with E-state index in [4.69, 9.17) is 0 Å². The maximum Gasteiger partial charge on any atom is 0.170 e. The lowest BCUT2D eigenvalue weighted by atomic mass is 10.0.